The number of hydrogen-bond acceptors (Lipinski definition) is 6. The number of nitrogens with zero attached hydrogens (tertiary/aromatic N) is 2. The SMILES string of the molecule is Cc1ccc(OCC(=O)Nc2ccccc2Sc2ncnc3scc(-c4ccccc4)c23)cc1. The van der Waals surface area contributed by atoms with Crippen molar-refractivity contribution in [2.24, 2.45) is 0 Å². The fraction of sp³-hybridized carbons (Fsp3) is 0.0741. The van der Waals surface area contributed by atoms with Gasteiger partial charge < -0.3 is 10.1 Å². The van der Waals surface area contributed by atoms with Crippen LogP contribution in [0.2, 0.25) is 0 Å². The van der Waals surface area contributed by atoms with Gasteiger partial charge in [-0.05, 0) is 36.8 Å². The number of rotatable bonds is 7. The molecule has 0 bridgehead atoms. The third kappa shape index (κ3) is 4.95. The molecule has 2 aromatic heterocycles. The molecule has 168 valence electrons. The molecule has 0 spiro atoms. The molecule has 0 radical (unpaired) electrons. The lowest BCUT2D eigenvalue weighted by molar-refractivity contribution is -0.118. The van der Waals surface area contributed by atoms with Gasteiger partial charge in [-0.15, -0.1) is 11.3 Å². The largest absolute Gasteiger partial charge is 0.484 e. The zero-order valence-corrected chi connectivity index (χ0v) is 20.0. The Morgan fingerprint density at radius 2 is 1.74 bits per heavy atom. The summed E-state index contributed by atoms with van der Waals surface area (Å²) in [7, 11) is 0. The van der Waals surface area contributed by atoms with Crippen molar-refractivity contribution >= 4 is 44.9 Å². The van der Waals surface area contributed by atoms with E-state index in [0.717, 1.165) is 36.8 Å². The lowest BCUT2D eigenvalue weighted by Gasteiger charge is -2.12. The van der Waals surface area contributed by atoms with Crippen molar-refractivity contribution in [3.63, 3.8) is 0 Å². The smallest absolute Gasteiger partial charge is 0.262 e. The highest BCUT2D eigenvalue weighted by Gasteiger charge is 2.16. The van der Waals surface area contributed by atoms with Crippen LogP contribution < -0.4 is 10.1 Å². The average molecular weight is 484 g/mol. The molecule has 1 amide bonds. The number of hydrogen-bond donors (Lipinski definition) is 1. The fourth-order valence-corrected chi connectivity index (χ4v) is 5.46. The molecule has 5 rings (SSSR count). The van der Waals surface area contributed by atoms with E-state index in [4.69, 9.17) is 4.74 Å². The van der Waals surface area contributed by atoms with Crippen LogP contribution in [0, 0.1) is 6.92 Å². The maximum atomic E-state index is 12.6. The number of nitrogens with one attached hydrogen (secondary N) is 1. The van der Waals surface area contributed by atoms with E-state index >= 15 is 0 Å². The zero-order valence-electron chi connectivity index (χ0n) is 18.4. The van der Waals surface area contributed by atoms with Crippen molar-refractivity contribution in [1.29, 1.82) is 0 Å². The van der Waals surface area contributed by atoms with Crippen molar-refractivity contribution in [1.82, 2.24) is 9.97 Å². The van der Waals surface area contributed by atoms with E-state index in [1.165, 1.54) is 11.8 Å². The van der Waals surface area contributed by atoms with Crippen LogP contribution in [0.25, 0.3) is 21.3 Å². The second-order valence-corrected chi connectivity index (χ2v) is 9.51. The molecular formula is C27H21N3O2S2. The molecule has 3 aromatic carbocycles. The topological polar surface area (TPSA) is 64.1 Å². The van der Waals surface area contributed by atoms with Gasteiger partial charge >= 0.3 is 0 Å². The minimum absolute atomic E-state index is 0.0670. The number of thiophene rings is 1. The van der Waals surface area contributed by atoms with E-state index in [1.54, 1.807) is 17.7 Å². The van der Waals surface area contributed by atoms with Crippen LogP contribution in [-0.2, 0) is 4.79 Å². The summed E-state index contributed by atoms with van der Waals surface area (Å²) in [5.74, 6) is 0.444. The van der Waals surface area contributed by atoms with Crippen molar-refractivity contribution in [2.75, 3.05) is 11.9 Å². The Hall–Kier alpha value is -3.68. The maximum absolute atomic E-state index is 12.6. The van der Waals surface area contributed by atoms with E-state index in [0.29, 0.717) is 11.4 Å². The monoisotopic (exact) mass is 483 g/mol. The standard InChI is InChI=1S/C27H21N3O2S2/c1-18-11-13-20(14-12-18)32-15-24(31)30-22-9-5-6-10-23(22)34-27-25-21(19-7-3-2-4-8-19)16-33-26(25)28-17-29-27/h2-14,16-17H,15H2,1H3,(H,30,31). The molecule has 0 aliphatic heterocycles. The first-order chi connectivity index (χ1) is 16.7. The third-order valence-corrected chi connectivity index (χ3v) is 7.14. The van der Waals surface area contributed by atoms with Gasteiger partial charge in [-0.1, -0.05) is 71.9 Å². The molecule has 0 unspecified atom stereocenters. The van der Waals surface area contributed by atoms with Crippen LogP contribution >= 0.6 is 23.1 Å². The molecule has 0 fully saturated rings. The average Bonchev–Trinajstić information content (AvgIpc) is 3.31. The summed E-state index contributed by atoms with van der Waals surface area (Å²) in [6.45, 7) is 1.94. The molecule has 0 aliphatic rings. The molecule has 0 saturated carbocycles. The number of amides is 1. The van der Waals surface area contributed by atoms with Gasteiger partial charge in [0.05, 0.1) is 11.1 Å². The number of anilines is 1. The highest BCUT2D eigenvalue weighted by molar-refractivity contribution is 7.99. The number of carbonyl (C=O) groups excluding carboxylic acids is 1. The highest BCUT2D eigenvalue weighted by Crippen LogP contribution is 2.41. The molecule has 5 aromatic rings. The van der Waals surface area contributed by atoms with Gasteiger partial charge in [-0.3, -0.25) is 4.79 Å². The van der Waals surface area contributed by atoms with E-state index < -0.39 is 0 Å². The summed E-state index contributed by atoms with van der Waals surface area (Å²) < 4.78 is 5.63. The van der Waals surface area contributed by atoms with E-state index in [9.17, 15) is 4.79 Å². The first-order valence-corrected chi connectivity index (χ1v) is 12.4. The predicted octanol–water partition coefficient (Wildman–Crippen LogP) is 6.84. The van der Waals surface area contributed by atoms with Crippen LogP contribution in [0.3, 0.4) is 0 Å². The summed E-state index contributed by atoms with van der Waals surface area (Å²) in [5, 5.41) is 6.97. The van der Waals surface area contributed by atoms with Crippen molar-refractivity contribution < 1.29 is 9.53 Å². The molecule has 0 atom stereocenters. The number of para-hydroxylation sites is 1. The summed E-state index contributed by atoms with van der Waals surface area (Å²) in [5.41, 5.74) is 4.09. The minimum Gasteiger partial charge on any atom is -0.484 e. The molecule has 5 nitrogen and oxygen atoms in total. The lowest BCUT2D eigenvalue weighted by Crippen LogP contribution is -2.20. The number of benzene rings is 3. The quantitative estimate of drug-likeness (QED) is 0.257. The van der Waals surface area contributed by atoms with Crippen LogP contribution in [0.1, 0.15) is 5.56 Å². The van der Waals surface area contributed by atoms with Crippen molar-refractivity contribution in [2.45, 2.75) is 16.8 Å². The number of ether oxygens (including phenoxy) is 1. The summed E-state index contributed by atoms with van der Waals surface area (Å²) in [6, 6.07) is 25.6. The number of aryl methyl sites for hydroxylation is 1. The second kappa shape index (κ2) is 10.1. The zero-order chi connectivity index (χ0) is 23.3. The first-order valence-electron chi connectivity index (χ1n) is 10.7. The Balaban J connectivity index is 1.37. The Kier molecular flexibility index (Phi) is 6.56. The summed E-state index contributed by atoms with van der Waals surface area (Å²) >= 11 is 3.12. The molecule has 0 aliphatic carbocycles. The fourth-order valence-electron chi connectivity index (χ4n) is 3.49. The molecule has 34 heavy (non-hydrogen) atoms. The number of aromatic nitrogens is 2. The van der Waals surface area contributed by atoms with Gasteiger partial charge in [0.25, 0.3) is 5.91 Å². The minimum atomic E-state index is -0.220. The van der Waals surface area contributed by atoms with Crippen molar-refractivity contribution in [3.8, 4) is 16.9 Å². The van der Waals surface area contributed by atoms with Gasteiger partial charge in [-0.25, -0.2) is 9.97 Å². The highest BCUT2D eigenvalue weighted by atomic mass is 32.2. The van der Waals surface area contributed by atoms with Crippen LogP contribution in [0.4, 0.5) is 5.69 Å². The van der Waals surface area contributed by atoms with E-state index in [2.05, 4.69) is 32.8 Å². The van der Waals surface area contributed by atoms with Gasteiger partial charge in [0, 0.05) is 15.8 Å². The predicted molar refractivity (Wildman–Crippen MR) is 139 cm³/mol. The summed E-state index contributed by atoms with van der Waals surface area (Å²) in [4.78, 5) is 23.5. The van der Waals surface area contributed by atoms with E-state index in [-0.39, 0.29) is 12.5 Å². The first kappa shape index (κ1) is 22.1. The third-order valence-electron chi connectivity index (χ3n) is 5.18. The van der Waals surface area contributed by atoms with Gasteiger partial charge in [-0.2, -0.15) is 0 Å². The van der Waals surface area contributed by atoms with Gasteiger partial charge in [0.15, 0.2) is 6.61 Å². The molecular weight excluding hydrogens is 462 g/mol. The normalized spacial score (nSPS) is 10.9. The lowest BCUT2D eigenvalue weighted by atomic mass is 10.1. The van der Waals surface area contributed by atoms with Crippen LogP contribution in [-0.4, -0.2) is 22.5 Å². The Morgan fingerprint density at radius 1 is 0.971 bits per heavy atom. The van der Waals surface area contributed by atoms with Crippen molar-refractivity contribution in [3.05, 3.63) is 96.1 Å². The molecule has 0 saturated heterocycles. The van der Waals surface area contributed by atoms with Gasteiger partial charge in [0.1, 0.15) is 21.9 Å². The van der Waals surface area contributed by atoms with Crippen LogP contribution in [0.5, 0.6) is 5.75 Å². The molecule has 1 N–H and O–H groups in total. The second-order valence-electron chi connectivity index (χ2n) is 7.62. The molecule has 7 heteroatoms. The Labute approximate surface area is 205 Å². The Bertz CT molecular complexity index is 1430. The Morgan fingerprint density at radius 3 is 2.56 bits per heavy atom. The van der Waals surface area contributed by atoms with Crippen LogP contribution in [0.15, 0.2) is 100 Å². The van der Waals surface area contributed by atoms with Gasteiger partial charge in [0.2, 0.25) is 0 Å². The number of fused-ring (bicyclic) bond motifs is 1. The maximum Gasteiger partial charge on any atom is 0.262 e. The summed E-state index contributed by atoms with van der Waals surface area (Å²) in [6.07, 6.45) is 1.59. The molecule has 2 heterocycles. The number of carbonyl (C=O) groups is 1. The van der Waals surface area contributed by atoms with E-state index in [1.807, 2.05) is 73.7 Å².